The van der Waals surface area contributed by atoms with Gasteiger partial charge in [0, 0.05) is 48.0 Å². The van der Waals surface area contributed by atoms with E-state index in [-0.39, 0.29) is 25.1 Å². The summed E-state index contributed by atoms with van der Waals surface area (Å²) < 4.78 is 10.8. The molecule has 0 saturated carbocycles. The van der Waals surface area contributed by atoms with Gasteiger partial charge in [-0.05, 0) is 74.1 Å². The number of nitrogens with one attached hydrogen (secondary N) is 5. The Kier molecular flexibility index (Phi) is 10.9. The lowest BCUT2D eigenvalue weighted by Crippen LogP contribution is -2.39. The molecule has 6 N–H and O–H groups in total. The van der Waals surface area contributed by atoms with Crippen LogP contribution in [0.4, 0.5) is 23.3 Å². The molecule has 1 atom stereocenters. The number of carbonyl (C=O) groups excluding carboxylic acids is 1. The highest BCUT2D eigenvalue weighted by atomic mass is 35.5. The van der Waals surface area contributed by atoms with Gasteiger partial charge in [0.1, 0.15) is 5.75 Å². The van der Waals surface area contributed by atoms with E-state index in [1.54, 1.807) is 28.9 Å². The van der Waals surface area contributed by atoms with Gasteiger partial charge in [-0.1, -0.05) is 35.4 Å². The monoisotopic (exact) mass is 824 g/mol. The van der Waals surface area contributed by atoms with Gasteiger partial charge in [0.25, 0.3) is 0 Å². The van der Waals surface area contributed by atoms with Crippen molar-refractivity contribution in [1.82, 2.24) is 54.8 Å². The number of fused-ring (bicyclic) bond motifs is 2. The molecule has 0 saturated heterocycles. The number of aliphatic hydroxyl groups excluding tert-OH is 1. The van der Waals surface area contributed by atoms with Crippen LogP contribution in [0.3, 0.4) is 0 Å². The average molecular weight is 826 g/mol. The smallest absolute Gasteiger partial charge is 0.239 e. The number of halogens is 2. The van der Waals surface area contributed by atoms with Crippen LogP contribution >= 0.6 is 23.2 Å². The number of aryl methyl sites for hydroxylation is 3. The third-order valence-corrected chi connectivity index (χ3v) is 11.0. The first-order valence-corrected chi connectivity index (χ1v) is 19.5. The van der Waals surface area contributed by atoms with E-state index >= 15 is 0 Å². The molecule has 4 heterocycles. The molecule has 6 aromatic rings. The number of methoxy groups -OCH3 is 1. The van der Waals surface area contributed by atoms with Crippen LogP contribution in [-0.4, -0.2) is 86.8 Å². The van der Waals surface area contributed by atoms with E-state index in [1.807, 2.05) is 68.2 Å². The molecule has 2 aromatic carbocycles. The van der Waals surface area contributed by atoms with Crippen LogP contribution in [0.2, 0.25) is 5.02 Å². The molecule has 58 heavy (non-hydrogen) atoms. The Morgan fingerprint density at radius 3 is 2.52 bits per heavy atom. The maximum absolute atomic E-state index is 13.1. The van der Waals surface area contributed by atoms with E-state index in [4.69, 9.17) is 37.9 Å². The van der Waals surface area contributed by atoms with Crippen molar-refractivity contribution in [2.24, 2.45) is 14.1 Å². The average Bonchev–Trinajstić information content (AvgIpc) is 4.03. The lowest BCUT2D eigenvalue weighted by Gasteiger charge is -2.17. The summed E-state index contributed by atoms with van der Waals surface area (Å²) in [5.41, 5.74) is 7.62. The van der Waals surface area contributed by atoms with E-state index < -0.39 is 0 Å². The molecular weight excluding hydrogens is 783 g/mol. The maximum atomic E-state index is 13.1. The lowest BCUT2D eigenvalue weighted by molar-refractivity contribution is -0.120. The molecule has 19 heteroatoms. The number of aromatic amines is 1. The number of nitrogens with zero attached hydrogens (tertiary/aromatic N) is 9. The fourth-order valence-corrected chi connectivity index (χ4v) is 7.54. The molecule has 17 nitrogen and oxygen atoms in total. The third-order valence-electron chi connectivity index (χ3n) is 10.1. The Balaban J connectivity index is 0.866. The number of hydrogen-bond acceptors (Lipinski definition) is 12. The zero-order valence-corrected chi connectivity index (χ0v) is 33.8. The molecule has 8 rings (SSSR count). The molecular formula is C39H42Cl2N14O3. The van der Waals surface area contributed by atoms with Crippen LogP contribution in [0, 0.1) is 0 Å². The molecule has 2 aliphatic rings. The number of aromatic nitrogens is 10. The van der Waals surface area contributed by atoms with E-state index in [9.17, 15) is 9.90 Å². The summed E-state index contributed by atoms with van der Waals surface area (Å²) in [7, 11) is 5.20. The summed E-state index contributed by atoms with van der Waals surface area (Å²) in [6.45, 7) is 2.42. The van der Waals surface area contributed by atoms with Crippen molar-refractivity contribution in [3.05, 3.63) is 88.3 Å². The summed E-state index contributed by atoms with van der Waals surface area (Å²) in [4.78, 5) is 22.5. The van der Waals surface area contributed by atoms with E-state index in [2.05, 4.69) is 46.8 Å². The molecule has 0 radical (unpaired) electrons. The molecule has 0 aliphatic heterocycles. The van der Waals surface area contributed by atoms with Gasteiger partial charge in [-0.25, -0.2) is 9.36 Å². The van der Waals surface area contributed by atoms with Gasteiger partial charge >= 0.3 is 0 Å². The molecule has 1 amide bonds. The Hall–Kier alpha value is -6.17. The molecule has 1 unspecified atom stereocenters. The number of rotatable bonds is 14. The van der Waals surface area contributed by atoms with Gasteiger partial charge in [0.05, 0.1) is 66.1 Å². The first-order chi connectivity index (χ1) is 28.1. The standard InChI is InChI=1S/C39H42Cl2N14O3/c1-21(19-55-31-14-13-30(35(41)26(31)17-44-55)47-38-48-36(51-53(38)2)23-7-5-22(20-56)6-8-23)45-33(57)18-42-28-10-9-24(15-32(28)58-4)37-49-39(54(3)52-37)46-29-12-11-27-25(34(29)40)16-43-50-27/h5,7,9-10,13-17,21,42,56H,6,8,11-12,18-20H2,1-4H3,(H,43,50)(H,45,57)(H,46,49,52)(H,47,48,51). The van der Waals surface area contributed by atoms with Crippen LogP contribution < -0.4 is 26.0 Å². The Morgan fingerprint density at radius 2 is 1.74 bits per heavy atom. The summed E-state index contributed by atoms with van der Waals surface area (Å²) in [5.74, 6) is 2.56. The number of allylic oxidation sites excluding steroid dienone is 4. The van der Waals surface area contributed by atoms with Crippen LogP contribution in [0.1, 0.15) is 43.3 Å². The van der Waals surface area contributed by atoms with Gasteiger partial charge in [-0.15, -0.1) is 10.2 Å². The molecule has 0 spiro atoms. The fourth-order valence-electron chi connectivity index (χ4n) is 6.98. The number of amides is 1. The molecule has 0 fully saturated rings. The van der Waals surface area contributed by atoms with Crippen molar-refractivity contribution in [1.29, 1.82) is 0 Å². The number of benzene rings is 2. The Morgan fingerprint density at radius 1 is 0.966 bits per heavy atom. The SMILES string of the molecule is COc1cc(-c2nc(NC3=C(Cl)c4cn[nH]c4CC3)n(C)n2)ccc1NCC(=O)NC(C)Cn1ncc2c(Cl)c(Nc3nc(C4=CC=C(CO)CC4)nn3C)ccc21. The largest absolute Gasteiger partial charge is 0.495 e. The number of H-pyrrole nitrogens is 1. The topological polar surface area (TPSA) is 203 Å². The van der Waals surface area contributed by atoms with Crippen molar-refractivity contribution in [2.45, 2.75) is 45.2 Å². The zero-order chi connectivity index (χ0) is 40.5. The minimum atomic E-state index is -0.244. The van der Waals surface area contributed by atoms with E-state index in [0.717, 1.165) is 63.8 Å². The molecule has 0 bridgehead atoms. The summed E-state index contributed by atoms with van der Waals surface area (Å²) in [5, 5.41) is 45.0. The minimum absolute atomic E-state index is 0.0202. The Bertz CT molecular complexity index is 2620. The number of carbonyl (C=O) groups is 1. The van der Waals surface area contributed by atoms with E-state index in [1.165, 1.54) is 0 Å². The third kappa shape index (κ3) is 7.88. The van der Waals surface area contributed by atoms with Crippen LogP contribution in [0.15, 0.2) is 66.1 Å². The van der Waals surface area contributed by atoms with Gasteiger partial charge in [-0.3, -0.25) is 14.6 Å². The second kappa shape index (κ2) is 16.4. The fraction of sp³-hybridized carbons (Fsp3) is 0.308. The predicted octanol–water partition coefficient (Wildman–Crippen LogP) is 5.77. The van der Waals surface area contributed by atoms with Crippen molar-refractivity contribution in [3.63, 3.8) is 0 Å². The zero-order valence-electron chi connectivity index (χ0n) is 32.3. The van der Waals surface area contributed by atoms with Crippen molar-refractivity contribution < 1.29 is 14.6 Å². The Labute approximate surface area is 343 Å². The molecule has 4 aromatic heterocycles. The highest BCUT2D eigenvalue weighted by Crippen LogP contribution is 2.36. The summed E-state index contributed by atoms with van der Waals surface area (Å²) >= 11 is 13.5. The highest BCUT2D eigenvalue weighted by Gasteiger charge is 2.22. The van der Waals surface area contributed by atoms with Crippen molar-refractivity contribution in [2.75, 3.05) is 36.2 Å². The molecule has 300 valence electrons. The first-order valence-electron chi connectivity index (χ1n) is 18.7. The van der Waals surface area contributed by atoms with Crippen LogP contribution in [0.5, 0.6) is 5.75 Å². The number of anilines is 4. The number of hydrogen-bond donors (Lipinski definition) is 6. The van der Waals surface area contributed by atoms with E-state index in [0.29, 0.717) is 63.7 Å². The van der Waals surface area contributed by atoms with Gasteiger partial charge in [0.15, 0.2) is 11.6 Å². The highest BCUT2D eigenvalue weighted by molar-refractivity contribution is 6.49. The lowest BCUT2D eigenvalue weighted by atomic mass is 9.98. The molecule has 2 aliphatic carbocycles. The summed E-state index contributed by atoms with van der Waals surface area (Å²) in [6, 6.07) is 9.10. The second-order valence-electron chi connectivity index (χ2n) is 14.2. The maximum Gasteiger partial charge on any atom is 0.239 e. The van der Waals surface area contributed by atoms with Gasteiger partial charge < -0.3 is 31.1 Å². The van der Waals surface area contributed by atoms with Crippen LogP contribution in [-0.2, 0) is 31.9 Å². The van der Waals surface area contributed by atoms with Crippen molar-refractivity contribution >= 4 is 73.9 Å². The normalized spacial score (nSPS) is 14.5. The number of ether oxygens (including phenoxy) is 1. The quantitative estimate of drug-likeness (QED) is 0.0776. The minimum Gasteiger partial charge on any atom is -0.495 e. The second-order valence-corrected chi connectivity index (χ2v) is 14.9. The van der Waals surface area contributed by atoms with Gasteiger partial charge in [-0.2, -0.15) is 20.2 Å². The summed E-state index contributed by atoms with van der Waals surface area (Å²) in [6.07, 6.45) is 10.4. The number of aliphatic hydroxyl groups is 1. The predicted molar refractivity (Wildman–Crippen MR) is 224 cm³/mol. The first kappa shape index (κ1) is 38.7. The van der Waals surface area contributed by atoms with Gasteiger partial charge in [0.2, 0.25) is 17.8 Å². The van der Waals surface area contributed by atoms with Crippen LogP contribution in [0.25, 0.3) is 32.9 Å². The van der Waals surface area contributed by atoms with Crippen molar-refractivity contribution in [3.8, 4) is 17.1 Å².